The Hall–Kier alpha value is -1.81. The number of ether oxygens (including phenoxy) is 1. The fraction of sp³-hybridized carbons (Fsp3) is 0.364. The van der Waals surface area contributed by atoms with Crippen LogP contribution in [0.5, 0.6) is 5.75 Å². The van der Waals surface area contributed by atoms with E-state index in [4.69, 9.17) is 0 Å². The van der Waals surface area contributed by atoms with Crippen molar-refractivity contribution in [2.45, 2.75) is 11.3 Å². The third kappa shape index (κ3) is 3.85. The Morgan fingerprint density at radius 2 is 2.00 bits per heavy atom. The summed E-state index contributed by atoms with van der Waals surface area (Å²) in [5.41, 5.74) is 0. The zero-order chi connectivity index (χ0) is 15.7. The van der Waals surface area contributed by atoms with Crippen LogP contribution in [0.25, 0.3) is 0 Å². The fourth-order valence-electron chi connectivity index (χ4n) is 1.80. The summed E-state index contributed by atoms with van der Waals surface area (Å²) >= 11 is 0. The number of nitrogens with zero attached hydrogens (tertiary/aromatic N) is 1. The molecule has 0 aromatic heterocycles. The minimum atomic E-state index is -4.91. The van der Waals surface area contributed by atoms with E-state index in [1.54, 1.807) is 0 Å². The largest absolute Gasteiger partial charge is 0.573 e. The third-order valence-corrected chi connectivity index (χ3v) is 4.52. The van der Waals surface area contributed by atoms with Crippen molar-refractivity contribution in [2.24, 2.45) is 0 Å². The van der Waals surface area contributed by atoms with E-state index < -0.39 is 28.0 Å². The van der Waals surface area contributed by atoms with Gasteiger partial charge in [0.05, 0.1) is 11.4 Å². The minimum Gasteiger partial charge on any atom is -0.406 e. The summed E-state index contributed by atoms with van der Waals surface area (Å²) in [6, 6.07) is 4.05. The SMILES string of the molecule is O=C1CN(S(=O)(=O)c2cccc(OC(F)(F)F)c2)CCN1. The van der Waals surface area contributed by atoms with Crippen molar-refractivity contribution in [2.75, 3.05) is 19.6 Å². The van der Waals surface area contributed by atoms with Gasteiger partial charge in [-0.15, -0.1) is 13.2 Å². The van der Waals surface area contributed by atoms with Crippen molar-refractivity contribution < 1.29 is 31.1 Å². The smallest absolute Gasteiger partial charge is 0.406 e. The summed E-state index contributed by atoms with van der Waals surface area (Å²) in [5, 5.41) is 2.46. The highest BCUT2D eigenvalue weighted by molar-refractivity contribution is 7.89. The average molecular weight is 324 g/mol. The van der Waals surface area contributed by atoms with Crippen LogP contribution < -0.4 is 10.1 Å². The zero-order valence-corrected chi connectivity index (χ0v) is 11.4. The number of carbonyl (C=O) groups is 1. The summed E-state index contributed by atoms with van der Waals surface area (Å²) in [5.74, 6) is -1.10. The number of alkyl halides is 3. The van der Waals surface area contributed by atoms with Crippen LogP contribution in [0, 0.1) is 0 Å². The lowest BCUT2D eigenvalue weighted by Gasteiger charge is -2.26. The summed E-state index contributed by atoms with van der Waals surface area (Å²) < 4.78 is 65.5. The average Bonchev–Trinajstić information content (AvgIpc) is 2.37. The highest BCUT2D eigenvalue weighted by Gasteiger charge is 2.33. The van der Waals surface area contributed by atoms with Crippen LogP contribution in [0.1, 0.15) is 0 Å². The van der Waals surface area contributed by atoms with E-state index in [2.05, 4.69) is 10.1 Å². The summed E-state index contributed by atoms with van der Waals surface area (Å²) in [4.78, 5) is 10.9. The molecule has 0 saturated carbocycles. The van der Waals surface area contributed by atoms with Gasteiger partial charge in [-0.1, -0.05) is 6.07 Å². The van der Waals surface area contributed by atoms with Gasteiger partial charge in [0, 0.05) is 19.2 Å². The molecule has 1 N–H and O–H groups in total. The molecule has 1 heterocycles. The lowest BCUT2D eigenvalue weighted by molar-refractivity contribution is -0.274. The molecule has 1 aliphatic heterocycles. The van der Waals surface area contributed by atoms with Crippen molar-refractivity contribution in [3.05, 3.63) is 24.3 Å². The Morgan fingerprint density at radius 3 is 2.62 bits per heavy atom. The van der Waals surface area contributed by atoms with Crippen LogP contribution in [0.4, 0.5) is 13.2 Å². The van der Waals surface area contributed by atoms with E-state index in [-0.39, 0.29) is 24.5 Å². The minimum absolute atomic E-state index is 0.0540. The Balaban J connectivity index is 2.28. The van der Waals surface area contributed by atoms with Gasteiger partial charge < -0.3 is 10.1 Å². The second-order valence-electron chi connectivity index (χ2n) is 4.21. The number of carbonyl (C=O) groups excluding carboxylic acids is 1. The molecule has 1 aromatic rings. The quantitative estimate of drug-likeness (QED) is 0.888. The maximum atomic E-state index is 12.3. The van der Waals surface area contributed by atoms with Gasteiger partial charge in [0.25, 0.3) is 0 Å². The molecular weight excluding hydrogens is 313 g/mol. The molecule has 1 amide bonds. The summed E-state index contributed by atoms with van der Waals surface area (Å²) in [6.45, 7) is -0.165. The fourth-order valence-corrected chi connectivity index (χ4v) is 3.23. The van der Waals surface area contributed by atoms with Gasteiger partial charge in [0.2, 0.25) is 15.9 Å². The molecule has 10 heteroatoms. The molecule has 1 aliphatic rings. The van der Waals surface area contributed by atoms with Crippen LogP contribution >= 0.6 is 0 Å². The Kier molecular flexibility index (Phi) is 4.10. The van der Waals surface area contributed by atoms with Gasteiger partial charge in [-0.3, -0.25) is 4.79 Å². The van der Waals surface area contributed by atoms with Crippen LogP contribution in [0.3, 0.4) is 0 Å². The molecule has 1 aromatic carbocycles. The molecule has 0 radical (unpaired) electrons. The van der Waals surface area contributed by atoms with Gasteiger partial charge in [-0.05, 0) is 12.1 Å². The Labute approximate surface area is 118 Å². The molecular formula is C11H11F3N2O4S. The predicted octanol–water partition coefficient (Wildman–Crippen LogP) is 0.706. The first-order chi connectivity index (χ1) is 9.68. The number of sulfonamides is 1. The molecule has 0 unspecified atom stereocenters. The van der Waals surface area contributed by atoms with Crippen molar-refractivity contribution >= 4 is 15.9 Å². The van der Waals surface area contributed by atoms with Crippen LogP contribution in [0.15, 0.2) is 29.2 Å². The number of halogens is 3. The van der Waals surface area contributed by atoms with E-state index in [0.717, 1.165) is 28.6 Å². The van der Waals surface area contributed by atoms with Gasteiger partial charge >= 0.3 is 6.36 Å². The monoisotopic (exact) mass is 324 g/mol. The molecule has 2 rings (SSSR count). The molecule has 21 heavy (non-hydrogen) atoms. The second kappa shape index (κ2) is 5.53. The number of rotatable bonds is 3. The van der Waals surface area contributed by atoms with Crippen LogP contribution in [-0.2, 0) is 14.8 Å². The molecule has 1 fully saturated rings. The number of nitrogens with one attached hydrogen (secondary N) is 1. The molecule has 0 spiro atoms. The van der Waals surface area contributed by atoms with E-state index >= 15 is 0 Å². The molecule has 116 valence electrons. The topological polar surface area (TPSA) is 75.7 Å². The maximum absolute atomic E-state index is 12.3. The standard InChI is InChI=1S/C11H11F3N2O4S/c12-11(13,14)20-8-2-1-3-9(6-8)21(18,19)16-5-4-15-10(17)7-16/h1-3,6H,4-5,7H2,(H,15,17). The van der Waals surface area contributed by atoms with Crippen molar-refractivity contribution in [3.8, 4) is 5.75 Å². The van der Waals surface area contributed by atoms with Crippen molar-refractivity contribution in [1.82, 2.24) is 9.62 Å². The van der Waals surface area contributed by atoms with E-state index in [9.17, 15) is 26.4 Å². The third-order valence-electron chi connectivity index (χ3n) is 2.68. The van der Waals surface area contributed by atoms with Crippen molar-refractivity contribution in [1.29, 1.82) is 0 Å². The molecule has 6 nitrogen and oxygen atoms in total. The number of hydrogen-bond acceptors (Lipinski definition) is 4. The molecule has 0 atom stereocenters. The highest BCUT2D eigenvalue weighted by atomic mass is 32.2. The lowest BCUT2D eigenvalue weighted by atomic mass is 10.3. The van der Waals surface area contributed by atoms with Gasteiger partial charge in [-0.25, -0.2) is 8.42 Å². The zero-order valence-electron chi connectivity index (χ0n) is 10.6. The second-order valence-corrected chi connectivity index (χ2v) is 6.15. The molecule has 0 bridgehead atoms. The number of amides is 1. The maximum Gasteiger partial charge on any atom is 0.573 e. The van der Waals surface area contributed by atoms with Crippen LogP contribution in [0.2, 0.25) is 0 Å². The first-order valence-electron chi connectivity index (χ1n) is 5.81. The lowest BCUT2D eigenvalue weighted by Crippen LogP contribution is -2.49. The molecule has 1 saturated heterocycles. The van der Waals surface area contributed by atoms with E-state index in [0.29, 0.717) is 0 Å². The summed E-state index contributed by atoms with van der Waals surface area (Å²) in [7, 11) is -4.05. The van der Waals surface area contributed by atoms with Gasteiger partial charge in [0.1, 0.15) is 5.75 Å². The number of benzene rings is 1. The molecule has 0 aliphatic carbocycles. The van der Waals surface area contributed by atoms with E-state index in [1.807, 2.05) is 0 Å². The normalized spacial score (nSPS) is 17.4. The van der Waals surface area contributed by atoms with Gasteiger partial charge in [0.15, 0.2) is 0 Å². The Bertz CT molecular complexity index is 645. The van der Waals surface area contributed by atoms with E-state index in [1.165, 1.54) is 0 Å². The van der Waals surface area contributed by atoms with Crippen molar-refractivity contribution in [3.63, 3.8) is 0 Å². The number of hydrogen-bond donors (Lipinski definition) is 1. The first-order valence-corrected chi connectivity index (χ1v) is 7.25. The predicted molar refractivity (Wildman–Crippen MR) is 64.9 cm³/mol. The van der Waals surface area contributed by atoms with Gasteiger partial charge in [-0.2, -0.15) is 4.31 Å². The summed E-state index contributed by atoms with van der Waals surface area (Å²) in [6.07, 6.45) is -4.91. The Morgan fingerprint density at radius 1 is 1.29 bits per heavy atom. The van der Waals surface area contributed by atoms with Crippen LogP contribution in [-0.4, -0.2) is 44.6 Å². The first kappa shape index (κ1) is 15.6. The number of piperazine rings is 1. The highest BCUT2D eigenvalue weighted by Crippen LogP contribution is 2.26.